The number of rotatable bonds is 3. The largest absolute Gasteiger partial charge is 0.457 e. The van der Waals surface area contributed by atoms with Gasteiger partial charge in [0.05, 0.1) is 4.90 Å². The molecule has 202 valence electrons. The zero-order valence-corrected chi connectivity index (χ0v) is 25.1. The molecular formula is C30H52O4S. The molecule has 0 saturated carbocycles. The molecule has 0 aliphatic carbocycles. The van der Waals surface area contributed by atoms with Crippen LogP contribution in [0, 0.1) is 0 Å². The summed E-state index contributed by atoms with van der Waals surface area (Å²) in [5.74, 6) is 1.74. The lowest BCUT2D eigenvalue weighted by molar-refractivity contribution is 0.482. The second kappa shape index (κ2) is 35.9. The van der Waals surface area contributed by atoms with Gasteiger partial charge in [0.1, 0.15) is 11.5 Å². The van der Waals surface area contributed by atoms with E-state index in [0.29, 0.717) is 0 Å². The normalized spacial score (nSPS) is 7.80. The van der Waals surface area contributed by atoms with Gasteiger partial charge < -0.3 is 4.74 Å². The monoisotopic (exact) mass is 508 g/mol. The van der Waals surface area contributed by atoms with E-state index >= 15 is 0 Å². The Kier molecular flexibility index (Phi) is 43.7. The minimum Gasteiger partial charge on any atom is -0.457 e. The predicted molar refractivity (Wildman–Crippen MR) is 157 cm³/mol. The van der Waals surface area contributed by atoms with Crippen LogP contribution in [0.3, 0.4) is 0 Å². The Hall–Kier alpha value is -2.63. The third-order valence-electron chi connectivity index (χ3n) is 2.76. The molecule has 0 fully saturated rings. The summed E-state index contributed by atoms with van der Waals surface area (Å²) in [7, 11) is -4.00. The lowest BCUT2D eigenvalue weighted by Crippen LogP contribution is -1.96. The SMILES string of the molecule is CC.CC.CC.CC.CC.CC.O=S(=O)(O)c1ccccc1.c1ccc(Oc2ccccc2)cc1. The lowest BCUT2D eigenvalue weighted by Gasteiger charge is -2.03. The lowest BCUT2D eigenvalue weighted by atomic mass is 10.3. The topological polar surface area (TPSA) is 63.6 Å². The molecule has 3 aromatic carbocycles. The highest BCUT2D eigenvalue weighted by Crippen LogP contribution is 2.19. The molecule has 35 heavy (non-hydrogen) atoms. The maximum Gasteiger partial charge on any atom is 0.294 e. The summed E-state index contributed by atoms with van der Waals surface area (Å²) in [4.78, 5) is -0.0741. The second-order valence-electron chi connectivity index (χ2n) is 4.52. The molecule has 5 heteroatoms. The van der Waals surface area contributed by atoms with Crippen LogP contribution in [-0.2, 0) is 10.1 Å². The molecule has 0 atom stereocenters. The van der Waals surface area contributed by atoms with Gasteiger partial charge >= 0.3 is 0 Å². The molecule has 1 N–H and O–H groups in total. The van der Waals surface area contributed by atoms with Gasteiger partial charge in [0, 0.05) is 0 Å². The third kappa shape index (κ3) is 27.5. The van der Waals surface area contributed by atoms with E-state index in [1.54, 1.807) is 18.2 Å². The van der Waals surface area contributed by atoms with Gasteiger partial charge in [-0.3, -0.25) is 4.55 Å². The van der Waals surface area contributed by atoms with Crippen molar-refractivity contribution >= 4 is 10.1 Å². The van der Waals surface area contributed by atoms with Gasteiger partial charge in [-0.1, -0.05) is 138 Å². The van der Waals surface area contributed by atoms with E-state index in [1.807, 2.05) is 144 Å². The van der Waals surface area contributed by atoms with E-state index in [-0.39, 0.29) is 4.90 Å². The summed E-state index contributed by atoms with van der Waals surface area (Å²) in [5, 5.41) is 0. The van der Waals surface area contributed by atoms with Crippen molar-refractivity contribution in [2.24, 2.45) is 0 Å². The fourth-order valence-corrected chi connectivity index (χ4v) is 2.21. The Morgan fingerprint density at radius 3 is 0.886 bits per heavy atom. The Morgan fingerprint density at radius 2 is 0.686 bits per heavy atom. The molecule has 0 heterocycles. The number of ether oxygens (including phenoxy) is 1. The molecule has 4 nitrogen and oxygen atoms in total. The van der Waals surface area contributed by atoms with Crippen molar-refractivity contribution in [3.05, 3.63) is 91.0 Å². The summed E-state index contributed by atoms with van der Waals surface area (Å²) in [6.07, 6.45) is 0. The van der Waals surface area contributed by atoms with Crippen LogP contribution >= 0.6 is 0 Å². The number of benzene rings is 3. The summed E-state index contributed by atoms with van der Waals surface area (Å²) in [6.45, 7) is 24.0. The van der Waals surface area contributed by atoms with Gasteiger partial charge in [0.15, 0.2) is 0 Å². The molecule has 0 aromatic heterocycles. The van der Waals surface area contributed by atoms with Crippen molar-refractivity contribution in [3.8, 4) is 11.5 Å². The molecule has 3 aromatic rings. The van der Waals surface area contributed by atoms with Gasteiger partial charge in [-0.05, 0) is 36.4 Å². The van der Waals surface area contributed by atoms with E-state index in [4.69, 9.17) is 9.29 Å². The molecule has 0 saturated heterocycles. The van der Waals surface area contributed by atoms with Crippen LogP contribution < -0.4 is 4.74 Å². The Morgan fingerprint density at radius 1 is 0.457 bits per heavy atom. The third-order valence-corrected chi connectivity index (χ3v) is 3.63. The maximum absolute atomic E-state index is 10.4. The zero-order chi connectivity index (χ0) is 28.5. The van der Waals surface area contributed by atoms with Crippen LogP contribution in [-0.4, -0.2) is 13.0 Å². The van der Waals surface area contributed by atoms with E-state index < -0.39 is 10.1 Å². The standard InChI is InChI=1S/C12H10O.C6H6O3S.6C2H6/c1-3-7-11(8-4-1)13-12-9-5-2-6-10-12;7-10(8,9)6-4-2-1-3-5-6;6*1-2/h1-10H;1-5H,(H,7,8,9);6*1-2H3. The number of hydrogen-bond acceptors (Lipinski definition) is 3. The molecule has 3 rings (SSSR count). The first-order valence-corrected chi connectivity index (χ1v) is 14.3. The molecule has 0 unspecified atom stereocenters. The van der Waals surface area contributed by atoms with Gasteiger partial charge in [-0.25, -0.2) is 0 Å². The number of para-hydroxylation sites is 2. The van der Waals surface area contributed by atoms with Gasteiger partial charge in [0.2, 0.25) is 0 Å². The second-order valence-corrected chi connectivity index (χ2v) is 5.94. The van der Waals surface area contributed by atoms with E-state index in [0.717, 1.165) is 11.5 Å². The zero-order valence-electron chi connectivity index (χ0n) is 24.2. The van der Waals surface area contributed by atoms with Gasteiger partial charge in [-0.15, -0.1) is 0 Å². The van der Waals surface area contributed by atoms with Crippen molar-refractivity contribution in [1.82, 2.24) is 0 Å². The Labute approximate surface area is 218 Å². The van der Waals surface area contributed by atoms with Crippen LogP contribution in [0.4, 0.5) is 0 Å². The van der Waals surface area contributed by atoms with Gasteiger partial charge in [0.25, 0.3) is 10.1 Å². The molecular weight excluding hydrogens is 456 g/mol. The molecule has 0 bridgehead atoms. The average Bonchev–Trinajstić information content (AvgIpc) is 2.97. The molecule has 0 radical (unpaired) electrons. The first kappa shape index (κ1) is 42.5. The molecule has 0 amide bonds. The first-order valence-electron chi connectivity index (χ1n) is 12.9. The molecule has 0 aliphatic rings. The van der Waals surface area contributed by atoms with Crippen LogP contribution in [0.1, 0.15) is 83.1 Å². The van der Waals surface area contributed by atoms with Crippen LogP contribution in [0.15, 0.2) is 95.9 Å². The van der Waals surface area contributed by atoms with E-state index in [1.165, 1.54) is 12.1 Å². The van der Waals surface area contributed by atoms with Crippen molar-refractivity contribution in [2.75, 3.05) is 0 Å². The summed E-state index contributed by atoms with van der Waals surface area (Å²) < 4.78 is 34.8. The highest BCUT2D eigenvalue weighted by Gasteiger charge is 2.05. The fourth-order valence-electron chi connectivity index (χ4n) is 1.71. The van der Waals surface area contributed by atoms with Crippen molar-refractivity contribution < 1.29 is 17.7 Å². The minimum absolute atomic E-state index is 0.0741. The Balaban J connectivity index is -0.000000122. The highest BCUT2D eigenvalue weighted by molar-refractivity contribution is 7.85. The van der Waals surface area contributed by atoms with Crippen LogP contribution in [0.2, 0.25) is 0 Å². The quantitative estimate of drug-likeness (QED) is 0.357. The van der Waals surface area contributed by atoms with E-state index in [2.05, 4.69) is 0 Å². The van der Waals surface area contributed by atoms with Crippen LogP contribution in [0.5, 0.6) is 11.5 Å². The minimum atomic E-state index is -4.00. The fraction of sp³-hybridized carbons (Fsp3) is 0.400. The Bertz CT molecular complexity index is 767. The summed E-state index contributed by atoms with van der Waals surface area (Å²) >= 11 is 0. The molecule has 0 spiro atoms. The maximum atomic E-state index is 10.4. The van der Waals surface area contributed by atoms with E-state index in [9.17, 15) is 8.42 Å². The first-order chi connectivity index (χ1) is 17.1. The predicted octanol–water partition coefficient (Wildman–Crippen LogP) is 10.6. The average molecular weight is 509 g/mol. The van der Waals surface area contributed by atoms with Crippen molar-refractivity contribution in [2.45, 2.75) is 88.0 Å². The molecule has 0 aliphatic heterocycles. The van der Waals surface area contributed by atoms with Gasteiger partial charge in [-0.2, -0.15) is 8.42 Å². The van der Waals surface area contributed by atoms with Crippen molar-refractivity contribution in [3.63, 3.8) is 0 Å². The summed E-state index contributed by atoms with van der Waals surface area (Å²) in [6, 6.07) is 26.9. The smallest absolute Gasteiger partial charge is 0.294 e. The van der Waals surface area contributed by atoms with Crippen LogP contribution in [0.25, 0.3) is 0 Å². The van der Waals surface area contributed by atoms with Crippen molar-refractivity contribution in [1.29, 1.82) is 0 Å². The summed E-state index contributed by atoms with van der Waals surface area (Å²) in [5.41, 5.74) is 0. The highest BCUT2D eigenvalue weighted by atomic mass is 32.2. The number of hydrogen-bond donors (Lipinski definition) is 1.